The third-order valence-corrected chi connectivity index (χ3v) is 3.88. The van der Waals surface area contributed by atoms with Crippen LogP contribution in [-0.4, -0.2) is 34.6 Å². The summed E-state index contributed by atoms with van der Waals surface area (Å²) in [6.45, 7) is 0. The molecule has 1 saturated carbocycles. The van der Waals surface area contributed by atoms with Gasteiger partial charge >= 0.3 is 0 Å². The van der Waals surface area contributed by atoms with Gasteiger partial charge in [0.2, 0.25) is 10.0 Å². The number of nitrogens with two attached hydrogens (primary N) is 1. The SMILES string of the molecule is COc1cc(OC)c(S(N)(=O)=O)cc1C(=O)NC1CC1. The van der Waals surface area contributed by atoms with E-state index in [2.05, 4.69) is 5.32 Å². The molecule has 0 unspecified atom stereocenters. The predicted octanol–water partition coefficient (Wildman–Crippen LogP) is 0.243. The lowest BCUT2D eigenvalue weighted by Gasteiger charge is -2.13. The third-order valence-electron chi connectivity index (χ3n) is 2.95. The van der Waals surface area contributed by atoms with Crippen LogP contribution in [0.15, 0.2) is 17.0 Å². The van der Waals surface area contributed by atoms with E-state index in [1.807, 2.05) is 0 Å². The van der Waals surface area contributed by atoms with Gasteiger partial charge in [-0.2, -0.15) is 0 Å². The molecule has 1 aromatic rings. The van der Waals surface area contributed by atoms with Crippen LogP contribution in [0.1, 0.15) is 23.2 Å². The van der Waals surface area contributed by atoms with Gasteiger partial charge in [0.15, 0.2) is 0 Å². The quantitative estimate of drug-likeness (QED) is 0.810. The van der Waals surface area contributed by atoms with Gasteiger partial charge < -0.3 is 14.8 Å². The molecular formula is C12H16N2O5S. The summed E-state index contributed by atoms with van der Waals surface area (Å²) in [5.74, 6) is -0.128. The van der Waals surface area contributed by atoms with Crippen molar-refractivity contribution < 1.29 is 22.7 Å². The smallest absolute Gasteiger partial charge is 0.255 e. The van der Waals surface area contributed by atoms with Crippen molar-refractivity contribution in [3.63, 3.8) is 0 Å². The summed E-state index contributed by atoms with van der Waals surface area (Å²) in [4.78, 5) is 11.8. The van der Waals surface area contributed by atoms with Gasteiger partial charge in [-0.25, -0.2) is 13.6 Å². The number of amides is 1. The molecule has 1 fully saturated rings. The average molecular weight is 300 g/mol. The largest absolute Gasteiger partial charge is 0.496 e. The molecule has 8 heteroatoms. The Kier molecular flexibility index (Phi) is 3.87. The van der Waals surface area contributed by atoms with E-state index in [4.69, 9.17) is 14.6 Å². The summed E-state index contributed by atoms with van der Waals surface area (Å²) in [5.41, 5.74) is 0.115. The van der Waals surface area contributed by atoms with Gasteiger partial charge in [0.25, 0.3) is 5.91 Å². The Morgan fingerprint density at radius 2 is 1.85 bits per heavy atom. The first-order valence-electron chi connectivity index (χ1n) is 5.96. The second kappa shape index (κ2) is 5.29. The molecule has 0 heterocycles. The first-order chi connectivity index (χ1) is 9.36. The lowest BCUT2D eigenvalue weighted by Crippen LogP contribution is -2.26. The number of hydrogen-bond donors (Lipinski definition) is 2. The monoisotopic (exact) mass is 300 g/mol. The van der Waals surface area contributed by atoms with E-state index in [1.165, 1.54) is 26.4 Å². The van der Waals surface area contributed by atoms with E-state index < -0.39 is 15.9 Å². The minimum absolute atomic E-state index is 0.0346. The molecule has 0 atom stereocenters. The minimum atomic E-state index is -4.00. The highest BCUT2D eigenvalue weighted by Gasteiger charge is 2.27. The zero-order chi connectivity index (χ0) is 14.9. The Balaban J connectivity index is 2.51. The van der Waals surface area contributed by atoms with Gasteiger partial charge in [0, 0.05) is 12.1 Å². The van der Waals surface area contributed by atoms with Gasteiger partial charge in [-0.05, 0) is 18.9 Å². The van der Waals surface area contributed by atoms with Crippen LogP contribution in [0.3, 0.4) is 0 Å². The third kappa shape index (κ3) is 3.02. The molecule has 1 aromatic carbocycles. The number of carbonyl (C=O) groups is 1. The van der Waals surface area contributed by atoms with Crippen molar-refractivity contribution in [2.45, 2.75) is 23.8 Å². The summed E-state index contributed by atoms with van der Waals surface area (Å²) in [5, 5.41) is 7.89. The number of primary sulfonamides is 1. The Hall–Kier alpha value is -1.80. The summed E-state index contributed by atoms with van der Waals surface area (Å²) in [6.07, 6.45) is 1.85. The van der Waals surface area contributed by atoms with Gasteiger partial charge in [-0.15, -0.1) is 0 Å². The number of methoxy groups -OCH3 is 2. The molecule has 2 rings (SSSR count). The highest BCUT2D eigenvalue weighted by Crippen LogP contribution is 2.32. The number of rotatable bonds is 5. The van der Waals surface area contributed by atoms with Gasteiger partial charge in [-0.3, -0.25) is 4.79 Å². The zero-order valence-corrected chi connectivity index (χ0v) is 12.0. The van der Waals surface area contributed by atoms with E-state index in [0.717, 1.165) is 12.8 Å². The van der Waals surface area contributed by atoms with Crippen LogP contribution in [0, 0.1) is 0 Å². The summed E-state index contributed by atoms with van der Waals surface area (Å²) < 4.78 is 33.2. The molecule has 1 aliphatic rings. The molecule has 0 saturated heterocycles. The normalized spacial score (nSPS) is 14.8. The maximum absolute atomic E-state index is 12.1. The van der Waals surface area contributed by atoms with Crippen LogP contribution in [0.5, 0.6) is 11.5 Å². The van der Waals surface area contributed by atoms with E-state index in [-0.39, 0.29) is 28.0 Å². The average Bonchev–Trinajstić information content (AvgIpc) is 3.19. The molecule has 0 aliphatic heterocycles. The van der Waals surface area contributed by atoms with Gasteiger partial charge in [-0.1, -0.05) is 0 Å². The second-order valence-electron chi connectivity index (χ2n) is 4.50. The second-order valence-corrected chi connectivity index (χ2v) is 6.03. The van der Waals surface area contributed by atoms with E-state index in [0.29, 0.717) is 0 Å². The lowest BCUT2D eigenvalue weighted by atomic mass is 10.1. The molecule has 7 nitrogen and oxygen atoms in total. The Morgan fingerprint density at radius 3 is 2.30 bits per heavy atom. The molecule has 1 aliphatic carbocycles. The summed E-state index contributed by atoms with van der Waals surface area (Å²) in [7, 11) is -1.30. The number of benzene rings is 1. The van der Waals surface area contributed by atoms with Crippen molar-refractivity contribution in [3.8, 4) is 11.5 Å². The fourth-order valence-electron chi connectivity index (χ4n) is 1.76. The first-order valence-corrected chi connectivity index (χ1v) is 7.51. The first kappa shape index (κ1) is 14.6. The lowest BCUT2D eigenvalue weighted by molar-refractivity contribution is 0.0947. The van der Waals surface area contributed by atoms with Crippen LogP contribution in [0.4, 0.5) is 0 Å². The molecule has 0 radical (unpaired) electrons. The molecule has 110 valence electrons. The Labute approximate surface area is 117 Å². The van der Waals surface area contributed by atoms with Crippen molar-refractivity contribution in [3.05, 3.63) is 17.7 Å². The Bertz CT molecular complexity index is 637. The van der Waals surface area contributed by atoms with Crippen molar-refractivity contribution in [2.75, 3.05) is 14.2 Å². The minimum Gasteiger partial charge on any atom is -0.496 e. The number of hydrogen-bond acceptors (Lipinski definition) is 5. The highest BCUT2D eigenvalue weighted by atomic mass is 32.2. The zero-order valence-electron chi connectivity index (χ0n) is 11.2. The van der Waals surface area contributed by atoms with Crippen LogP contribution in [0.2, 0.25) is 0 Å². The number of sulfonamides is 1. The van der Waals surface area contributed by atoms with Crippen LogP contribution < -0.4 is 19.9 Å². The van der Waals surface area contributed by atoms with E-state index in [1.54, 1.807) is 0 Å². The number of ether oxygens (including phenoxy) is 2. The molecule has 0 spiro atoms. The topological polar surface area (TPSA) is 108 Å². The van der Waals surface area contributed by atoms with Crippen molar-refractivity contribution in [1.82, 2.24) is 5.32 Å². The van der Waals surface area contributed by atoms with Gasteiger partial charge in [0.05, 0.1) is 19.8 Å². The Morgan fingerprint density at radius 1 is 1.25 bits per heavy atom. The standard InChI is InChI=1S/C12H16N2O5S/c1-18-9-6-10(19-2)11(20(13,16)17)5-8(9)12(15)14-7-3-4-7/h5-7H,3-4H2,1-2H3,(H,14,15)(H2,13,16,17). The van der Waals surface area contributed by atoms with E-state index >= 15 is 0 Å². The molecule has 20 heavy (non-hydrogen) atoms. The summed E-state index contributed by atoms with van der Waals surface area (Å²) >= 11 is 0. The fraction of sp³-hybridized carbons (Fsp3) is 0.417. The van der Waals surface area contributed by atoms with Crippen molar-refractivity contribution in [1.29, 1.82) is 0 Å². The maximum atomic E-state index is 12.1. The highest BCUT2D eigenvalue weighted by molar-refractivity contribution is 7.89. The van der Waals surface area contributed by atoms with Crippen molar-refractivity contribution >= 4 is 15.9 Å². The fourth-order valence-corrected chi connectivity index (χ4v) is 2.47. The van der Waals surface area contributed by atoms with Crippen LogP contribution in [0.25, 0.3) is 0 Å². The molecule has 3 N–H and O–H groups in total. The molecule has 1 amide bonds. The van der Waals surface area contributed by atoms with E-state index in [9.17, 15) is 13.2 Å². The molecule has 0 aromatic heterocycles. The van der Waals surface area contributed by atoms with Crippen LogP contribution >= 0.6 is 0 Å². The maximum Gasteiger partial charge on any atom is 0.255 e. The van der Waals surface area contributed by atoms with Gasteiger partial charge in [0.1, 0.15) is 16.4 Å². The predicted molar refractivity (Wildman–Crippen MR) is 71.4 cm³/mol. The number of carbonyl (C=O) groups excluding carboxylic acids is 1. The molecular weight excluding hydrogens is 284 g/mol. The summed E-state index contributed by atoms with van der Waals surface area (Å²) in [6, 6.07) is 2.65. The van der Waals surface area contributed by atoms with Crippen LogP contribution in [-0.2, 0) is 10.0 Å². The van der Waals surface area contributed by atoms with Crippen molar-refractivity contribution in [2.24, 2.45) is 5.14 Å². The number of nitrogens with one attached hydrogen (secondary N) is 1. The molecule has 0 bridgehead atoms.